The number of hydrogen-bond donors (Lipinski definition) is 1. The summed E-state index contributed by atoms with van der Waals surface area (Å²) in [7, 11) is -1.39. The van der Waals surface area contributed by atoms with Crippen molar-refractivity contribution in [2.45, 2.75) is 23.6 Å². The lowest BCUT2D eigenvalue weighted by Crippen LogP contribution is -2.30. The van der Waals surface area contributed by atoms with Crippen molar-refractivity contribution in [3.8, 4) is 5.75 Å². The second-order valence-corrected chi connectivity index (χ2v) is 7.07. The highest BCUT2D eigenvalue weighted by atomic mass is 32.2. The van der Waals surface area contributed by atoms with Gasteiger partial charge in [-0.1, -0.05) is 6.07 Å². The molecule has 0 radical (unpaired) electrons. The van der Waals surface area contributed by atoms with E-state index in [1.165, 1.54) is 32.4 Å². The van der Waals surface area contributed by atoms with E-state index in [1.54, 1.807) is 0 Å². The zero-order valence-electron chi connectivity index (χ0n) is 12.7. The molecule has 0 spiro atoms. The van der Waals surface area contributed by atoms with Crippen molar-refractivity contribution in [1.82, 2.24) is 4.31 Å². The Morgan fingerprint density at radius 3 is 2.61 bits per heavy atom. The average molecular weight is 347 g/mol. The van der Waals surface area contributed by atoms with Crippen LogP contribution in [-0.4, -0.2) is 63.4 Å². The molecule has 2 atom stereocenters. The van der Waals surface area contributed by atoms with Crippen LogP contribution in [0, 0.1) is 0 Å². The number of alkyl halides is 1. The van der Waals surface area contributed by atoms with E-state index in [0.29, 0.717) is 5.56 Å². The third-order valence-corrected chi connectivity index (χ3v) is 5.52. The largest absolute Gasteiger partial charge is 0.495 e. The second kappa shape index (κ2) is 6.81. The summed E-state index contributed by atoms with van der Waals surface area (Å²) in [5.74, 6) is -1.00. The van der Waals surface area contributed by atoms with Gasteiger partial charge in [0.05, 0.1) is 13.5 Å². The third kappa shape index (κ3) is 3.62. The first-order valence-corrected chi connectivity index (χ1v) is 8.29. The SMILES string of the molecule is COc1ccc(CC(=O)O)cc1S(=O)(=O)N1C[C@@H](F)[C@H](OC)C1. The summed E-state index contributed by atoms with van der Waals surface area (Å²) in [5, 5.41) is 8.84. The van der Waals surface area contributed by atoms with E-state index in [4.69, 9.17) is 14.6 Å². The number of carboxylic acid groups (broad SMARTS) is 1. The van der Waals surface area contributed by atoms with Gasteiger partial charge in [0.25, 0.3) is 0 Å². The molecule has 0 unspecified atom stereocenters. The number of benzene rings is 1. The lowest BCUT2D eigenvalue weighted by Gasteiger charge is -2.18. The molecular formula is C14H18FNO6S. The molecule has 2 rings (SSSR count). The predicted octanol–water partition coefficient (Wildman–Crippen LogP) is 0.680. The van der Waals surface area contributed by atoms with Crippen molar-refractivity contribution in [2.24, 2.45) is 0 Å². The number of carbonyl (C=O) groups is 1. The molecule has 1 saturated heterocycles. The Morgan fingerprint density at radius 2 is 2.09 bits per heavy atom. The summed E-state index contributed by atoms with van der Waals surface area (Å²) in [6.07, 6.45) is -2.56. The number of methoxy groups -OCH3 is 2. The molecule has 23 heavy (non-hydrogen) atoms. The number of carboxylic acids is 1. The normalized spacial score (nSPS) is 22.2. The third-order valence-electron chi connectivity index (χ3n) is 3.67. The van der Waals surface area contributed by atoms with Crippen molar-refractivity contribution in [2.75, 3.05) is 27.3 Å². The van der Waals surface area contributed by atoms with E-state index in [0.717, 1.165) is 4.31 Å². The molecule has 0 saturated carbocycles. The van der Waals surface area contributed by atoms with Crippen LogP contribution < -0.4 is 4.74 Å². The van der Waals surface area contributed by atoms with E-state index in [9.17, 15) is 17.6 Å². The monoisotopic (exact) mass is 347 g/mol. The van der Waals surface area contributed by atoms with Crippen molar-refractivity contribution in [3.05, 3.63) is 23.8 Å². The molecule has 1 aliphatic heterocycles. The molecule has 1 fully saturated rings. The molecule has 1 N–H and O–H groups in total. The minimum atomic E-state index is -4.02. The first-order chi connectivity index (χ1) is 10.8. The van der Waals surface area contributed by atoms with Crippen LogP contribution in [0.4, 0.5) is 4.39 Å². The van der Waals surface area contributed by atoms with E-state index < -0.39 is 28.3 Å². The Morgan fingerprint density at radius 1 is 1.39 bits per heavy atom. The molecule has 1 aromatic carbocycles. The Hall–Kier alpha value is -1.71. The molecular weight excluding hydrogens is 329 g/mol. The van der Waals surface area contributed by atoms with Gasteiger partial charge in [0.15, 0.2) is 0 Å². The fourth-order valence-corrected chi connectivity index (χ4v) is 4.13. The van der Waals surface area contributed by atoms with E-state index >= 15 is 0 Å². The van der Waals surface area contributed by atoms with Gasteiger partial charge in [0.2, 0.25) is 10.0 Å². The van der Waals surface area contributed by atoms with Gasteiger partial charge in [0, 0.05) is 20.2 Å². The Bertz CT molecular complexity index is 693. The molecule has 7 nitrogen and oxygen atoms in total. The van der Waals surface area contributed by atoms with Crippen molar-refractivity contribution in [3.63, 3.8) is 0 Å². The Labute approximate surface area is 133 Å². The Balaban J connectivity index is 2.40. The number of hydrogen-bond acceptors (Lipinski definition) is 5. The molecule has 1 heterocycles. The molecule has 1 aliphatic rings. The minimum absolute atomic E-state index is 0.0791. The van der Waals surface area contributed by atoms with Crippen LogP contribution in [-0.2, 0) is 26.0 Å². The summed E-state index contributed by atoms with van der Waals surface area (Å²) in [6, 6.07) is 4.11. The van der Waals surface area contributed by atoms with Crippen LogP contribution in [0.3, 0.4) is 0 Å². The van der Waals surface area contributed by atoms with Crippen LogP contribution in [0.15, 0.2) is 23.1 Å². The molecule has 0 amide bonds. The van der Waals surface area contributed by atoms with Crippen LogP contribution >= 0.6 is 0 Å². The smallest absolute Gasteiger partial charge is 0.307 e. The number of aliphatic carboxylic acids is 1. The maximum atomic E-state index is 13.8. The molecule has 0 aromatic heterocycles. The quantitative estimate of drug-likeness (QED) is 0.813. The zero-order valence-corrected chi connectivity index (χ0v) is 13.5. The topological polar surface area (TPSA) is 93.1 Å². The summed E-state index contributed by atoms with van der Waals surface area (Å²) >= 11 is 0. The van der Waals surface area contributed by atoms with E-state index in [1.807, 2.05) is 0 Å². The van der Waals surface area contributed by atoms with Gasteiger partial charge >= 0.3 is 5.97 Å². The summed E-state index contributed by atoms with van der Waals surface area (Å²) in [4.78, 5) is 10.6. The number of sulfonamides is 1. The molecule has 0 bridgehead atoms. The van der Waals surface area contributed by atoms with Gasteiger partial charge in [-0.2, -0.15) is 4.31 Å². The number of halogens is 1. The fraction of sp³-hybridized carbons (Fsp3) is 0.500. The highest BCUT2D eigenvalue weighted by Crippen LogP contribution is 2.31. The molecule has 0 aliphatic carbocycles. The molecule has 128 valence electrons. The van der Waals surface area contributed by atoms with Crippen molar-refractivity contribution >= 4 is 16.0 Å². The lowest BCUT2D eigenvalue weighted by molar-refractivity contribution is -0.136. The van der Waals surface area contributed by atoms with Crippen LogP contribution in [0.25, 0.3) is 0 Å². The summed E-state index contributed by atoms with van der Waals surface area (Å²) in [6.45, 7) is -0.417. The van der Waals surface area contributed by atoms with Crippen LogP contribution in [0.5, 0.6) is 5.75 Å². The van der Waals surface area contributed by atoms with Gasteiger partial charge in [-0.25, -0.2) is 12.8 Å². The first kappa shape index (κ1) is 17.6. The maximum absolute atomic E-state index is 13.8. The van der Waals surface area contributed by atoms with Gasteiger partial charge in [-0.3, -0.25) is 4.79 Å². The number of rotatable bonds is 6. The van der Waals surface area contributed by atoms with Gasteiger partial charge < -0.3 is 14.6 Å². The summed E-state index contributed by atoms with van der Waals surface area (Å²) in [5.41, 5.74) is 0.316. The van der Waals surface area contributed by atoms with Gasteiger partial charge in [-0.15, -0.1) is 0 Å². The van der Waals surface area contributed by atoms with Crippen molar-refractivity contribution in [1.29, 1.82) is 0 Å². The highest BCUT2D eigenvalue weighted by Gasteiger charge is 2.40. The lowest BCUT2D eigenvalue weighted by atomic mass is 10.1. The Kier molecular flexibility index (Phi) is 5.23. The van der Waals surface area contributed by atoms with Crippen molar-refractivity contribution < 1.29 is 32.2 Å². The summed E-state index contributed by atoms with van der Waals surface area (Å²) < 4.78 is 50.2. The molecule has 9 heteroatoms. The van der Waals surface area contributed by atoms with Crippen LogP contribution in [0.2, 0.25) is 0 Å². The standard InChI is InChI=1S/C14H18FNO6S/c1-21-11-4-3-9(6-14(17)18)5-13(11)23(19,20)16-7-10(15)12(8-16)22-2/h3-5,10,12H,6-8H2,1-2H3,(H,17,18)/t10-,12-/m1/s1. The van der Waals surface area contributed by atoms with E-state index in [-0.39, 0.29) is 30.2 Å². The van der Waals surface area contributed by atoms with Gasteiger partial charge in [-0.05, 0) is 17.7 Å². The zero-order chi connectivity index (χ0) is 17.2. The minimum Gasteiger partial charge on any atom is -0.495 e. The molecule has 1 aromatic rings. The average Bonchev–Trinajstić information content (AvgIpc) is 2.88. The van der Waals surface area contributed by atoms with Gasteiger partial charge in [0.1, 0.15) is 22.9 Å². The van der Waals surface area contributed by atoms with Crippen LogP contribution in [0.1, 0.15) is 5.56 Å². The highest BCUT2D eigenvalue weighted by molar-refractivity contribution is 7.89. The fourth-order valence-electron chi connectivity index (χ4n) is 2.47. The first-order valence-electron chi connectivity index (χ1n) is 6.85. The number of ether oxygens (including phenoxy) is 2. The second-order valence-electron chi connectivity index (χ2n) is 5.17. The number of nitrogens with zero attached hydrogens (tertiary/aromatic N) is 1. The maximum Gasteiger partial charge on any atom is 0.307 e. The van der Waals surface area contributed by atoms with E-state index in [2.05, 4.69) is 0 Å². The predicted molar refractivity (Wildman–Crippen MR) is 78.8 cm³/mol.